The molecule has 0 spiro atoms. The fourth-order valence-corrected chi connectivity index (χ4v) is 1.32. The predicted octanol–water partition coefficient (Wildman–Crippen LogP) is 1.56. The molecule has 4 heteroatoms. The Balaban J connectivity index is 2.90. The molecule has 0 unspecified atom stereocenters. The van der Waals surface area contributed by atoms with Gasteiger partial charge in [-0.3, -0.25) is 4.79 Å². The van der Waals surface area contributed by atoms with Gasteiger partial charge in [-0.25, -0.2) is 4.39 Å². The number of carbonyl (C=O) groups is 1. The van der Waals surface area contributed by atoms with Crippen LogP contribution in [0.3, 0.4) is 0 Å². The Morgan fingerprint density at radius 3 is 2.80 bits per heavy atom. The first-order valence-corrected chi connectivity index (χ1v) is 4.57. The minimum absolute atomic E-state index is 0.0208. The Kier molecular flexibility index (Phi) is 3.42. The van der Waals surface area contributed by atoms with E-state index in [2.05, 4.69) is 4.74 Å². The molecular weight excluding hydrogens is 197 g/mol. The van der Waals surface area contributed by atoms with Crippen molar-refractivity contribution in [2.75, 3.05) is 7.11 Å². The van der Waals surface area contributed by atoms with Gasteiger partial charge in [0.15, 0.2) is 0 Å². The van der Waals surface area contributed by atoms with Crippen molar-refractivity contribution in [1.29, 1.82) is 0 Å². The van der Waals surface area contributed by atoms with Crippen LogP contribution in [0.15, 0.2) is 24.3 Å². The molecule has 1 rings (SSSR count). The highest BCUT2D eigenvalue weighted by Crippen LogP contribution is 2.22. The Hall–Kier alpha value is -1.42. The van der Waals surface area contributed by atoms with Crippen LogP contribution in [0.4, 0.5) is 4.39 Å². The molecule has 0 aromatic heterocycles. The molecule has 0 saturated heterocycles. The number of methoxy groups -OCH3 is 1. The normalized spacial score (nSPS) is 14.4. The molecule has 15 heavy (non-hydrogen) atoms. The van der Waals surface area contributed by atoms with Crippen molar-refractivity contribution in [3.63, 3.8) is 0 Å². The van der Waals surface area contributed by atoms with Crippen molar-refractivity contribution in [3.05, 3.63) is 35.6 Å². The molecule has 0 bridgehead atoms. The molecule has 3 nitrogen and oxygen atoms in total. The first-order chi connectivity index (χ1) is 6.95. The molecule has 82 valence electrons. The zero-order valence-electron chi connectivity index (χ0n) is 8.79. The number of ether oxygens (including phenoxy) is 1. The van der Waals surface area contributed by atoms with Gasteiger partial charge in [-0.05, 0) is 24.6 Å². The summed E-state index contributed by atoms with van der Waals surface area (Å²) in [4.78, 5) is 11.1. The zero-order valence-corrected chi connectivity index (χ0v) is 8.79. The van der Waals surface area contributed by atoms with Crippen LogP contribution in [-0.2, 0) is 15.1 Å². The summed E-state index contributed by atoms with van der Waals surface area (Å²) in [5, 5.41) is 0. The van der Waals surface area contributed by atoms with Crippen LogP contribution < -0.4 is 5.73 Å². The van der Waals surface area contributed by atoms with Crippen LogP contribution in [0.2, 0.25) is 0 Å². The van der Waals surface area contributed by atoms with Gasteiger partial charge in [-0.2, -0.15) is 0 Å². The topological polar surface area (TPSA) is 52.3 Å². The smallest absolute Gasteiger partial charge is 0.307 e. The van der Waals surface area contributed by atoms with Gasteiger partial charge in [0, 0.05) is 5.54 Å². The van der Waals surface area contributed by atoms with Crippen LogP contribution in [0.5, 0.6) is 0 Å². The molecule has 0 aliphatic rings. The monoisotopic (exact) mass is 211 g/mol. The molecule has 0 radical (unpaired) electrons. The van der Waals surface area contributed by atoms with Crippen molar-refractivity contribution in [2.45, 2.75) is 18.9 Å². The van der Waals surface area contributed by atoms with E-state index >= 15 is 0 Å². The summed E-state index contributed by atoms with van der Waals surface area (Å²) in [6, 6.07) is 5.90. The highest BCUT2D eigenvalue weighted by molar-refractivity contribution is 5.71. The summed E-state index contributed by atoms with van der Waals surface area (Å²) >= 11 is 0. The lowest BCUT2D eigenvalue weighted by Crippen LogP contribution is -2.36. The van der Waals surface area contributed by atoms with Crippen molar-refractivity contribution in [1.82, 2.24) is 0 Å². The molecule has 0 fully saturated rings. The summed E-state index contributed by atoms with van der Waals surface area (Å²) in [6.45, 7) is 1.67. The Morgan fingerprint density at radius 1 is 1.60 bits per heavy atom. The first-order valence-electron chi connectivity index (χ1n) is 4.57. The second kappa shape index (κ2) is 4.40. The second-order valence-electron chi connectivity index (χ2n) is 3.68. The molecule has 1 atom stereocenters. The number of nitrogens with two attached hydrogens (primary N) is 1. The third kappa shape index (κ3) is 3.02. The molecule has 1 aromatic carbocycles. The van der Waals surface area contributed by atoms with Gasteiger partial charge in [0.2, 0.25) is 0 Å². The number of esters is 1. The van der Waals surface area contributed by atoms with E-state index in [0.717, 1.165) is 0 Å². The average Bonchev–Trinajstić information content (AvgIpc) is 2.17. The Bertz CT molecular complexity index is 363. The summed E-state index contributed by atoms with van der Waals surface area (Å²) in [5.74, 6) is -0.779. The van der Waals surface area contributed by atoms with E-state index in [1.165, 1.54) is 19.2 Å². The standard InChI is InChI=1S/C11H14FNO2/c1-11(13,7-10(14)15-2)8-4-3-5-9(12)6-8/h3-6H,7,13H2,1-2H3/t11-/m0/s1. The van der Waals surface area contributed by atoms with Crippen LogP contribution in [0.1, 0.15) is 18.9 Å². The van der Waals surface area contributed by atoms with Crippen LogP contribution in [-0.4, -0.2) is 13.1 Å². The van der Waals surface area contributed by atoms with Gasteiger partial charge in [-0.1, -0.05) is 12.1 Å². The number of hydrogen-bond donors (Lipinski definition) is 1. The SMILES string of the molecule is COC(=O)C[C@](C)(N)c1cccc(F)c1. The molecule has 2 N–H and O–H groups in total. The van der Waals surface area contributed by atoms with Crippen molar-refractivity contribution in [3.8, 4) is 0 Å². The summed E-state index contributed by atoms with van der Waals surface area (Å²) in [6.07, 6.45) is 0.0208. The quantitative estimate of drug-likeness (QED) is 0.772. The van der Waals surface area contributed by atoms with E-state index in [4.69, 9.17) is 5.73 Å². The van der Waals surface area contributed by atoms with Crippen molar-refractivity contribution >= 4 is 5.97 Å². The number of carbonyl (C=O) groups excluding carboxylic acids is 1. The number of rotatable bonds is 3. The Morgan fingerprint density at radius 2 is 2.27 bits per heavy atom. The minimum Gasteiger partial charge on any atom is -0.469 e. The maximum atomic E-state index is 12.9. The summed E-state index contributed by atoms with van der Waals surface area (Å²) in [7, 11) is 1.30. The minimum atomic E-state index is -0.908. The Labute approximate surface area is 88.0 Å². The van der Waals surface area contributed by atoms with E-state index in [9.17, 15) is 9.18 Å². The molecule has 1 aromatic rings. The molecular formula is C11H14FNO2. The molecule has 0 aliphatic heterocycles. The van der Waals surface area contributed by atoms with E-state index in [-0.39, 0.29) is 12.2 Å². The summed E-state index contributed by atoms with van der Waals surface area (Å²) in [5.41, 5.74) is 5.59. The van der Waals surface area contributed by atoms with Gasteiger partial charge in [-0.15, -0.1) is 0 Å². The fourth-order valence-electron chi connectivity index (χ4n) is 1.32. The average molecular weight is 211 g/mol. The second-order valence-corrected chi connectivity index (χ2v) is 3.68. The van der Waals surface area contributed by atoms with Crippen LogP contribution in [0.25, 0.3) is 0 Å². The van der Waals surface area contributed by atoms with Gasteiger partial charge in [0.25, 0.3) is 0 Å². The van der Waals surface area contributed by atoms with E-state index < -0.39 is 11.5 Å². The lowest BCUT2D eigenvalue weighted by atomic mass is 9.90. The van der Waals surface area contributed by atoms with Gasteiger partial charge in [0.05, 0.1) is 13.5 Å². The van der Waals surface area contributed by atoms with Crippen LogP contribution in [0, 0.1) is 5.82 Å². The number of halogens is 1. The van der Waals surface area contributed by atoms with Crippen LogP contribution >= 0.6 is 0 Å². The third-order valence-electron chi connectivity index (χ3n) is 2.22. The molecule has 0 saturated carbocycles. The highest BCUT2D eigenvalue weighted by Gasteiger charge is 2.25. The van der Waals surface area contributed by atoms with E-state index in [1.54, 1.807) is 19.1 Å². The van der Waals surface area contributed by atoms with Gasteiger partial charge >= 0.3 is 5.97 Å². The zero-order chi connectivity index (χ0) is 11.5. The van der Waals surface area contributed by atoms with Gasteiger partial charge in [0.1, 0.15) is 5.82 Å². The number of hydrogen-bond acceptors (Lipinski definition) is 3. The fraction of sp³-hybridized carbons (Fsp3) is 0.364. The lowest BCUT2D eigenvalue weighted by molar-refractivity contribution is -0.141. The highest BCUT2D eigenvalue weighted by atomic mass is 19.1. The molecule has 0 heterocycles. The summed E-state index contributed by atoms with van der Waals surface area (Å²) < 4.78 is 17.5. The van der Waals surface area contributed by atoms with Crippen molar-refractivity contribution in [2.24, 2.45) is 5.73 Å². The molecule has 0 aliphatic carbocycles. The van der Waals surface area contributed by atoms with Crippen molar-refractivity contribution < 1.29 is 13.9 Å². The maximum Gasteiger partial charge on any atom is 0.307 e. The molecule has 0 amide bonds. The lowest BCUT2D eigenvalue weighted by Gasteiger charge is -2.23. The van der Waals surface area contributed by atoms with E-state index in [1.807, 2.05) is 0 Å². The predicted molar refractivity (Wildman–Crippen MR) is 54.6 cm³/mol. The largest absolute Gasteiger partial charge is 0.469 e. The van der Waals surface area contributed by atoms with Gasteiger partial charge < -0.3 is 10.5 Å². The van der Waals surface area contributed by atoms with E-state index in [0.29, 0.717) is 5.56 Å². The first kappa shape index (κ1) is 11.7. The third-order valence-corrected chi connectivity index (χ3v) is 2.22. The number of benzene rings is 1. The maximum absolute atomic E-state index is 12.9.